The van der Waals surface area contributed by atoms with Crippen LogP contribution in [0.15, 0.2) is 48.7 Å². The van der Waals surface area contributed by atoms with Crippen molar-refractivity contribution in [2.75, 3.05) is 59.7 Å². The summed E-state index contributed by atoms with van der Waals surface area (Å²) in [6.45, 7) is 14.9. The molecule has 1 aromatic carbocycles. The molecule has 0 bridgehead atoms. The Morgan fingerprint density at radius 2 is 1.65 bits per heavy atom. The molecule has 0 saturated carbocycles. The Labute approximate surface area is 234 Å². The summed E-state index contributed by atoms with van der Waals surface area (Å²) in [5, 5.41) is 15.3. The van der Waals surface area contributed by atoms with Gasteiger partial charge in [0.15, 0.2) is 17.3 Å². The average molecular weight is 540 g/mol. The summed E-state index contributed by atoms with van der Waals surface area (Å²) < 4.78 is 0. The topological polar surface area (TPSA) is 111 Å². The van der Waals surface area contributed by atoms with Gasteiger partial charge in [-0.2, -0.15) is 0 Å². The number of hydrogen-bond donors (Lipinski definition) is 2. The van der Waals surface area contributed by atoms with Gasteiger partial charge in [-0.15, -0.1) is 10.2 Å². The van der Waals surface area contributed by atoms with Crippen LogP contribution < -0.4 is 20.4 Å². The molecule has 11 heteroatoms. The molecule has 2 aliphatic rings. The maximum atomic E-state index is 12.3. The fourth-order valence-corrected chi connectivity index (χ4v) is 5.11. The smallest absolute Gasteiger partial charge is 0.219 e. The van der Waals surface area contributed by atoms with Crippen LogP contribution in [-0.4, -0.2) is 77.1 Å². The van der Waals surface area contributed by atoms with Crippen LogP contribution in [0.25, 0.3) is 4.85 Å². The molecule has 3 aromatic rings. The first-order valence-corrected chi connectivity index (χ1v) is 13.5. The molecule has 40 heavy (non-hydrogen) atoms. The second-order valence-electron chi connectivity index (χ2n) is 10.1. The molecule has 11 nitrogen and oxygen atoms in total. The van der Waals surface area contributed by atoms with E-state index in [4.69, 9.17) is 6.57 Å². The highest BCUT2D eigenvalue weighted by Gasteiger charge is 2.23. The summed E-state index contributed by atoms with van der Waals surface area (Å²) in [6.07, 6.45) is 3.35. The standard InChI is InChI=1S/C29H33N9O2/c1-20(39)29-26(32-23-10-12-38(13-11-23)28-9-6-24(30-3)19-31-28)18-27(34-35-29)33-22-4-7-25(8-5-22)37-16-14-36(15-17-37)21(2)40/h4-9,18-19,23H,10-17H2,1-2H3,(H2,32,33,34). The molecule has 4 heterocycles. The van der Waals surface area contributed by atoms with E-state index in [9.17, 15) is 9.59 Å². The first-order valence-electron chi connectivity index (χ1n) is 13.5. The number of benzene rings is 1. The van der Waals surface area contributed by atoms with Crippen LogP contribution in [0.3, 0.4) is 0 Å². The molecule has 0 radical (unpaired) electrons. The second kappa shape index (κ2) is 12.0. The number of nitrogens with one attached hydrogen (secondary N) is 2. The van der Waals surface area contributed by atoms with E-state index in [2.05, 4.69) is 52.6 Å². The minimum atomic E-state index is -0.141. The lowest BCUT2D eigenvalue weighted by Gasteiger charge is -2.35. The average Bonchev–Trinajstić information content (AvgIpc) is 2.98. The zero-order chi connectivity index (χ0) is 28.1. The molecule has 0 spiro atoms. The molecule has 5 rings (SSSR count). The van der Waals surface area contributed by atoms with Crippen molar-refractivity contribution < 1.29 is 9.59 Å². The Morgan fingerprint density at radius 1 is 0.925 bits per heavy atom. The number of aromatic nitrogens is 3. The van der Waals surface area contributed by atoms with Gasteiger partial charge in [-0.25, -0.2) is 4.85 Å². The third-order valence-electron chi connectivity index (χ3n) is 7.40. The number of pyridine rings is 1. The number of piperazine rings is 1. The van der Waals surface area contributed by atoms with Gasteiger partial charge in [0.05, 0.1) is 12.3 Å². The molecular weight excluding hydrogens is 506 g/mol. The van der Waals surface area contributed by atoms with Crippen LogP contribution in [-0.2, 0) is 4.79 Å². The molecule has 0 aliphatic carbocycles. The molecule has 1 amide bonds. The Morgan fingerprint density at radius 3 is 2.25 bits per heavy atom. The summed E-state index contributed by atoms with van der Waals surface area (Å²) in [6, 6.07) is 13.8. The summed E-state index contributed by atoms with van der Waals surface area (Å²) >= 11 is 0. The van der Waals surface area contributed by atoms with Crippen molar-refractivity contribution in [3.63, 3.8) is 0 Å². The fraction of sp³-hybridized carbons (Fsp3) is 0.379. The molecule has 2 fully saturated rings. The van der Waals surface area contributed by atoms with Crippen LogP contribution in [0.1, 0.15) is 37.2 Å². The van der Waals surface area contributed by atoms with E-state index < -0.39 is 0 Å². The third kappa shape index (κ3) is 6.29. The highest BCUT2D eigenvalue weighted by molar-refractivity contribution is 5.97. The molecule has 2 saturated heterocycles. The Bertz CT molecular complexity index is 1390. The normalized spacial score (nSPS) is 15.9. The minimum absolute atomic E-state index is 0.122. The highest BCUT2D eigenvalue weighted by Crippen LogP contribution is 2.27. The van der Waals surface area contributed by atoms with Crippen molar-refractivity contribution in [3.05, 3.63) is 65.8 Å². The van der Waals surface area contributed by atoms with Crippen LogP contribution in [0.5, 0.6) is 0 Å². The Hall–Kier alpha value is -4.72. The van der Waals surface area contributed by atoms with Crippen LogP contribution in [0.2, 0.25) is 0 Å². The van der Waals surface area contributed by atoms with Gasteiger partial charge in [0, 0.05) is 82.8 Å². The number of Topliss-reactive ketones (excluding diaryl/α,β-unsaturated/α-hetero) is 1. The molecule has 206 valence electrons. The summed E-state index contributed by atoms with van der Waals surface area (Å²) in [7, 11) is 0. The number of anilines is 5. The lowest BCUT2D eigenvalue weighted by Crippen LogP contribution is -2.48. The third-order valence-corrected chi connectivity index (χ3v) is 7.40. The Balaban J connectivity index is 1.21. The van der Waals surface area contributed by atoms with Gasteiger partial charge in [0.25, 0.3) is 0 Å². The predicted molar refractivity (Wildman–Crippen MR) is 156 cm³/mol. The quantitative estimate of drug-likeness (QED) is 0.338. The van der Waals surface area contributed by atoms with Gasteiger partial charge in [-0.1, -0.05) is 6.07 Å². The van der Waals surface area contributed by atoms with Crippen molar-refractivity contribution in [2.45, 2.75) is 32.7 Å². The number of ketones is 1. The molecule has 0 atom stereocenters. The number of piperidine rings is 1. The maximum absolute atomic E-state index is 12.3. The van der Waals surface area contributed by atoms with Crippen molar-refractivity contribution in [2.24, 2.45) is 0 Å². The first kappa shape index (κ1) is 26.9. The van der Waals surface area contributed by atoms with Crippen LogP contribution in [0.4, 0.5) is 34.4 Å². The summed E-state index contributed by atoms with van der Waals surface area (Å²) in [5.41, 5.74) is 3.50. The van der Waals surface area contributed by atoms with Crippen LogP contribution >= 0.6 is 0 Å². The fourth-order valence-electron chi connectivity index (χ4n) is 5.11. The number of carbonyl (C=O) groups is 2. The van der Waals surface area contributed by atoms with Gasteiger partial charge in [0.1, 0.15) is 5.82 Å². The second-order valence-corrected chi connectivity index (χ2v) is 10.1. The van der Waals surface area contributed by atoms with E-state index in [-0.39, 0.29) is 17.7 Å². The maximum Gasteiger partial charge on any atom is 0.219 e. The zero-order valence-corrected chi connectivity index (χ0v) is 22.8. The number of rotatable bonds is 7. The van der Waals surface area contributed by atoms with Crippen LogP contribution in [0, 0.1) is 6.57 Å². The highest BCUT2D eigenvalue weighted by atomic mass is 16.2. The van der Waals surface area contributed by atoms with E-state index in [1.165, 1.54) is 6.92 Å². The predicted octanol–water partition coefficient (Wildman–Crippen LogP) is 4.12. The summed E-state index contributed by atoms with van der Waals surface area (Å²) in [5.74, 6) is 1.41. The van der Waals surface area contributed by atoms with Crippen molar-refractivity contribution in [1.82, 2.24) is 20.1 Å². The van der Waals surface area contributed by atoms with Gasteiger partial charge in [-0.05, 0) is 43.2 Å². The Kier molecular flexibility index (Phi) is 8.05. The van der Waals surface area contributed by atoms with Gasteiger partial charge in [-0.3, -0.25) is 14.6 Å². The van der Waals surface area contributed by atoms with Crippen molar-refractivity contribution in [3.8, 4) is 0 Å². The van der Waals surface area contributed by atoms with Crippen molar-refractivity contribution >= 4 is 46.1 Å². The lowest BCUT2D eigenvalue weighted by molar-refractivity contribution is -0.129. The van der Waals surface area contributed by atoms with Crippen molar-refractivity contribution in [1.29, 1.82) is 0 Å². The van der Waals surface area contributed by atoms with Gasteiger partial charge < -0.3 is 25.3 Å². The summed E-state index contributed by atoms with van der Waals surface area (Å²) in [4.78, 5) is 38.1. The molecule has 0 unspecified atom stereocenters. The zero-order valence-electron chi connectivity index (χ0n) is 22.8. The number of nitrogens with zero attached hydrogens (tertiary/aromatic N) is 7. The number of carbonyl (C=O) groups excluding carboxylic acids is 2. The molecule has 2 aromatic heterocycles. The number of amides is 1. The minimum Gasteiger partial charge on any atom is -0.380 e. The van der Waals surface area contributed by atoms with Gasteiger partial charge >= 0.3 is 0 Å². The van der Waals surface area contributed by atoms with Gasteiger partial charge in [0.2, 0.25) is 11.6 Å². The first-order chi connectivity index (χ1) is 19.4. The molecule has 2 aliphatic heterocycles. The largest absolute Gasteiger partial charge is 0.380 e. The van der Waals surface area contributed by atoms with E-state index in [0.29, 0.717) is 22.9 Å². The van der Waals surface area contributed by atoms with E-state index in [1.54, 1.807) is 19.2 Å². The van der Waals surface area contributed by atoms with E-state index >= 15 is 0 Å². The van der Waals surface area contributed by atoms with E-state index in [1.807, 2.05) is 29.2 Å². The number of hydrogen-bond acceptors (Lipinski definition) is 9. The SMILES string of the molecule is [C-]#[N+]c1ccc(N2CCC(Nc3cc(Nc4ccc(N5CCN(C(C)=O)CC5)cc4)nnc3C(C)=O)CC2)nc1. The monoisotopic (exact) mass is 539 g/mol. The molecular formula is C29H33N9O2. The van der Waals surface area contributed by atoms with E-state index in [0.717, 1.165) is 69.3 Å². The molecule has 2 N–H and O–H groups in total. The lowest BCUT2D eigenvalue weighted by atomic mass is 10.0.